The molecule has 30 heavy (non-hydrogen) atoms. The molecule has 0 saturated carbocycles. The minimum absolute atomic E-state index is 0.132. The minimum Gasteiger partial charge on any atom is -0.464 e. The summed E-state index contributed by atoms with van der Waals surface area (Å²) in [6.07, 6.45) is 0. The van der Waals surface area contributed by atoms with Crippen LogP contribution in [0.4, 0.5) is 4.39 Å². The maximum absolute atomic E-state index is 13.5. The molecule has 0 spiro atoms. The Balaban J connectivity index is 1.93. The number of carbonyl (C=O) groups excluding carboxylic acids is 3. The summed E-state index contributed by atoms with van der Waals surface area (Å²) < 4.78 is 18.9. The van der Waals surface area contributed by atoms with Crippen LogP contribution in [-0.2, 0) is 24.7 Å². The van der Waals surface area contributed by atoms with Crippen LogP contribution >= 0.6 is 0 Å². The van der Waals surface area contributed by atoms with E-state index in [-0.39, 0.29) is 19.1 Å². The first-order valence-electron chi connectivity index (χ1n) is 10.1. The Morgan fingerprint density at radius 1 is 1.07 bits per heavy atom. The van der Waals surface area contributed by atoms with Gasteiger partial charge in [-0.05, 0) is 37.1 Å². The zero-order chi connectivity index (χ0) is 21.5. The van der Waals surface area contributed by atoms with E-state index < -0.39 is 41.1 Å². The number of rotatable bonds is 5. The Morgan fingerprint density at radius 3 is 2.33 bits per heavy atom. The molecule has 2 saturated heterocycles. The number of imide groups is 1. The summed E-state index contributed by atoms with van der Waals surface area (Å²) in [5, 5.41) is 3.28. The van der Waals surface area contributed by atoms with Gasteiger partial charge in [0.25, 0.3) is 0 Å². The maximum Gasteiger partial charge on any atom is 0.331 e. The largest absolute Gasteiger partial charge is 0.464 e. The number of amides is 2. The van der Waals surface area contributed by atoms with Crippen LogP contribution in [-0.4, -0.2) is 35.8 Å². The number of halogens is 1. The third kappa shape index (κ3) is 2.84. The summed E-state index contributed by atoms with van der Waals surface area (Å²) in [6, 6.07) is 14.0. The van der Waals surface area contributed by atoms with E-state index in [0.29, 0.717) is 11.1 Å². The summed E-state index contributed by atoms with van der Waals surface area (Å²) >= 11 is 0. The topological polar surface area (TPSA) is 75.7 Å². The molecular weight excluding hydrogens is 387 g/mol. The van der Waals surface area contributed by atoms with Gasteiger partial charge in [0.05, 0.1) is 18.4 Å². The number of hydrogen-bond acceptors (Lipinski definition) is 5. The van der Waals surface area contributed by atoms with E-state index in [1.54, 1.807) is 50.2 Å². The average Bonchev–Trinajstić information content (AvgIpc) is 3.24. The Hall–Kier alpha value is -3.06. The number of hydrogen-bond donors (Lipinski definition) is 1. The first-order chi connectivity index (χ1) is 14.5. The van der Waals surface area contributed by atoms with Gasteiger partial charge < -0.3 is 4.74 Å². The Kier molecular flexibility index (Phi) is 5.15. The van der Waals surface area contributed by atoms with Crippen molar-refractivity contribution in [3.05, 3.63) is 71.5 Å². The van der Waals surface area contributed by atoms with Crippen molar-refractivity contribution in [2.24, 2.45) is 11.8 Å². The summed E-state index contributed by atoms with van der Waals surface area (Å²) in [5.74, 6) is -3.50. The highest BCUT2D eigenvalue weighted by Gasteiger charge is 2.69. The van der Waals surface area contributed by atoms with E-state index in [1.807, 2.05) is 6.07 Å². The third-order valence-electron chi connectivity index (χ3n) is 6.02. The molecule has 2 aromatic carbocycles. The summed E-state index contributed by atoms with van der Waals surface area (Å²) in [7, 11) is 0. The summed E-state index contributed by atoms with van der Waals surface area (Å²) in [4.78, 5) is 41.1. The number of nitrogens with one attached hydrogen (secondary N) is 1. The Labute approximate surface area is 174 Å². The number of nitrogens with zero attached hydrogens (tertiary/aromatic N) is 1. The van der Waals surface area contributed by atoms with Crippen molar-refractivity contribution in [3.63, 3.8) is 0 Å². The smallest absolute Gasteiger partial charge is 0.331 e. The fraction of sp³-hybridized carbons (Fsp3) is 0.348. The van der Waals surface area contributed by atoms with Crippen LogP contribution in [0.2, 0.25) is 0 Å². The fourth-order valence-corrected chi connectivity index (χ4v) is 4.75. The number of esters is 1. The normalized spacial score (nSPS) is 28.0. The molecule has 0 bridgehead atoms. The van der Waals surface area contributed by atoms with Gasteiger partial charge in [0.2, 0.25) is 11.8 Å². The third-order valence-corrected chi connectivity index (χ3v) is 6.02. The molecule has 4 atom stereocenters. The lowest BCUT2D eigenvalue weighted by Gasteiger charge is -2.33. The van der Waals surface area contributed by atoms with E-state index in [2.05, 4.69) is 5.32 Å². The predicted molar refractivity (Wildman–Crippen MR) is 106 cm³/mol. The zero-order valence-electron chi connectivity index (χ0n) is 16.8. The van der Waals surface area contributed by atoms with Crippen molar-refractivity contribution in [1.82, 2.24) is 10.2 Å². The molecule has 6 nitrogen and oxygen atoms in total. The van der Waals surface area contributed by atoms with Crippen LogP contribution in [0.5, 0.6) is 0 Å². The van der Waals surface area contributed by atoms with Gasteiger partial charge >= 0.3 is 5.97 Å². The standard InChI is InChI=1S/C23H23FN2O4/c1-3-26-20(27)17-18(21(26)28)23(22(29)30-4-2,15-8-6-5-7-9-15)25-19(17)14-10-12-16(24)13-11-14/h5-13,17-19,25H,3-4H2,1-2H3/t17-,18+,19-,23-/m1/s1. The van der Waals surface area contributed by atoms with E-state index >= 15 is 0 Å². The molecule has 2 amide bonds. The number of likely N-dealkylation sites (tertiary alicyclic amines) is 1. The van der Waals surface area contributed by atoms with Gasteiger partial charge in [-0.3, -0.25) is 19.8 Å². The highest BCUT2D eigenvalue weighted by atomic mass is 19.1. The van der Waals surface area contributed by atoms with Crippen molar-refractivity contribution in [2.75, 3.05) is 13.2 Å². The van der Waals surface area contributed by atoms with Gasteiger partial charge in [-0.25, -0.2) is 9.18 Å². The maximum atomic E-state index is 13.5. The molecule has 0 unspecified atom stereocenters. The molecule has 1 N–H and O–H groups in total. The predicted octanol–water partition coefficient (Wildman–Crippen LogP) is 2.55. The number of carbonyl (C=O) groups is 3. The molecule has 2 aliphatic heterocycles. The second-order valence-corrected chi connectivity index (χ2v) is 7.49. The van der Waals surface area contributed by atoms with Crippen molar-refractivity contribution in [3.8, 4) is 0 Å². The fourth-order valence-electron chi connectivity index (χ4n) is 4.75. The first-order valence-corrected chi connectivity index (χ1v) is 10.1. The van der Waals surface area contributed by atoms with E-state index in [1.165, 1.54) is 17.0 Å². The molecule has 2 heterocycles. The highest BCUT2D eigenvalue weighted by Crippen LogP contribution is 2.53. The molecule has 0 aromatic heterocycles. The molecule has 7 heteroatoms. The molecule has 156 valence electrons. The molecule has 4 rings (SSSR count). The van der Waals surface area contributed by atoms with E-state index in [4.69, 9.17) is 4.74 Å². The number of fused-ring (bicyclic) bond motifs is 1. The Morgan fingerprint density at radius 2 is 1.73 bits per heavy atom. The van der Waals surface area contributed by atoms with Crippen LogP contribution in [0.25, 0.3) is 0 Å². The van der Waals surface area contributed by atoms with E-state index in [0.717, 1.165) is 0 Å². The quantitative estimate of drug-likeness (QED) is 0.606. The van der Waals surface area contributed by atoms with Crippen molar-refractivity contribution in [2.45, 2.75) is 25.4 Å². The van der Waals surface area contributed by atoms with Crippen molar-refractivity contribution >= 4 is 17.8 Å². The lowest BCUT2D eigenvalue weighted by atomic mass is 9.75. The molecule has 2 aromatic rings. The van der Waals surface area contributed by atoms with E-state index in [9.17, 15) is 18.8 Å². The highest BCUT2D eigenvalue weighted by molar-refractivity contribution is 6.09. The molecule has 2 aliphatic rings. The molecule has 0 aliphatic carbocycles. The Bertz CT molecular complexity index is 978. The lowest BCUT2D eigenvalue weighted by molar-refractivity contribution is -0.157. The van der Waals surface area contributed by atoms with Gasteiger partial charge in [0.1, 0.15) is 5.82 Å². The molecule has 0 radical (unpaired) electrons. The van der Waals surface area contributed by atoms with Gasteiger partial charge in [0.15, 0.2) is 5.54 Å². The second-order valence-electron chi connectivity index (χ2n) is 7.49. The van der Waals surface area contributed by atoms with Crippen LogP contribution in [0.15, 0.2) is 54.6 Å². The monoisotopic (exact) mass is 410 g/mol. The van der Waals surface area contributed by atoms with Crippen molar-refractivity contribution in [1.29, 1.82) is 0 Å². The van der Waals surface area contributed by atoms with Crippen molar-refractivity contribution < 1.29 is 23.5 Å². The summed E-state index contributed by atoms with van der Waals surface area (Å²) in [5.41, 5.74) is -0.327. The SMILES string of the molecule is CCOC(=O)[C@]1(c2ccccc2)N[C@H](c2ccc(F)cc2)[C@@H]2C(=O)N(CC)C(=O)[C@H]21. The zero-order valence-corrected chi connectivity index (χ0v) is 16.8. The average molecular weight is 410 g/mol. The van der Waals surface area contributed by atoms with Gasteiger partial charge in [-0.2, -0.15) is 0 Å². The van der Waals surface area contributed by atoms with Crippen LogP contribution < -0.4 is 5.32 Å². The lowest BCUT2D eigenvalue weighted by Crippen LogP contribution is -2.53. The van der Waals surface area contributed by atoms with Crippen LogP contribution in [0.3, 0.4) is 0 Å². The minimum atomic E-state index is -1.52. The number of benzene rings is 2. The first kappa shape index (κ1) is 20.2. The second kappa shape index (κ2) is 7.65. The summed E-state index contributed by atoms with van der Waals surface area (Å²) in [6.45, 7) is 3.77. The molecular formula is C23H23FN2O4. The van der Waals surface area contributed by atoms with Crippen LogP contribution in [0.1, 0.15) is 31.0 Å². The molecule has 2 fully saturated rings. The van der Waals surface area contributed by atoms with Gasteiger partial charge in [-0.15, -0.1) is 0 Å². The van der Waals surface area contributed by atoms with Gasteiger partial charge in [0, 0.05) is 12.6 Å². The van der Waals surface area contributed by atoms with Gasteiger partial charge in [-0.1, -0.05) is 42.5 Å². The van der Waals surface area contributed by atoms with Crippen LogP contribution in [0, 0.1) is 17.7 Å². The number of ether oxygens (including phenoxy) is 1.